The smallest absolute Gasteiger partial charge is 0.267 e. The van der Waals surface area contributed by atoms with Gasteiger partial charge in [0, 0.05) is 24.8 Å². The molecule has 3 aromatic rings. The van der Waals surface area contributed by atoms with Crippen LogP contribution >= 0.6 is 11.3 Å². The molecule has 2 amide bonds. The maximum absolute atomic E-state index is 13.0. The second-order valence-corrected chi connectivity index (χ2v) is 7.89. The highest BCUT2D eigenvalue weighted by Gasteiger charge is 2.21. The molecule has 0 atom stereocenters. The summed E-state index contributed by atoms with van der Waals surface area (Å²) < 4.78 is 0. The molecule has 2 aromatic heterocycles. The van der Waals surface area contributed by atoms with E-state index in [9.17, 15) is 9.59 Å². The number of amides is 2. The van der Waals surface area contributed by atoms with Crippen molar-refractivity contribution in [3.05, 3.63) is 58.7 Å². The summed E-state index contributed by atoms with van der Waals surface area (Å²) in [5, 5.41) is 3.66. The van der Waals surface area contributed by atoms with E-state index in [2.05, 4.69) is 20.2 Å². The number of hydrogen-bond acceptors (Lipinski definition) is 6. The Labute approximate surface area is 172 Å². The van der Waals surface area contributed by atoms with Crippen molar-refractivity contribution in [2.24, 2.45) is 5.73 Å². The molecule has 1 aliphatic rings. The summed E-state index contributed by atoms with van der Waals surface area (Å²) in [5.41, 5.74) is 8.65. The molecule has 1 aliphatic heterocycles. The third kappa shape index (κ3) is 3.97. The zero-order valence-electron chi connectivity index (χ0n) is 16.0. The Kier molecular flexibility index (Phi) is 5.26. The van der Waals surface area contributed by atoms with E-state index >= 15 is 0 Å². The zero-order chi connectivity index (χ0) is 20.4. The van der Waals surface area contributed by atoms with E-state index < -0.39 is 5.91 Å². The average molecular weight is 407 g/mol. The van der Waals surface area contributed by atoms with Crippen molar-refractivity contribution < 1.29 is 9.59 Å². The van der Waals surface area contributed by atoms with Crippen molar-refractivity contribution in [3.63, 3.8) is 0 Å². The summed E-state index contributed by atoms with van der Waals surface area (Å²) in [6.45, 7) is 3.64. The Bertz CT molecular complexity index is 1060. The number of nitrogens with one attached hydrogen (secondary N) is 1. The predicted molar refractivity (Wildman–Crippen MR) is 114 cm³/mol. The minimum atomic E-state index is -0.528. The van der Waals surface area contributed by atoms with E-state index in [4.69, 9.17) is 5.73 Å². The van der Waals surface area contributed by atoms with Crippen LogP contribution in [-0.4, -0.2) is 34.9 Å². The van der Waals surface area contributed by atoms with Crippen LogP contribution in [0.25, 0.3) is 10.7 Å². The molecule has 7 nitrogen and oxygen atoms in total. The summed E-state index contributed by atoms with van der Waals surface area (Å²) in [4.78, 5) is 36.2. The highest BCUT2D eigenvalue weighted by molar-refractivity contribution is 7.17. The fourth-order valence-electron chi connectivity index (χ4n) is 3.41. The first-order chi connectivity index (χ1) is 14.0. The third-order valence-corrected chi connectivity index (χ3v) is 6.04. The van der Waals surface area contributed by atoms with Gasteiger partial charge < -0.3 is 16.0 Å². The van der Waals surface area contributed by atoms with E-state index in [0.29, 0.717) is 26.8 Å². The van der Waals surface area contributed by atoms with Crippen LogP contribution < -0.4 is 16.0 Å². The maximum atomic E-state index is 13.0. The second-order valence-electron chi connectivity index (χ2n) is 6.89. The standard InChI is InChI=1S/C21H21N5O2S/c1-13-18(29-21(24-13)15-6-2-3-9-23-15)20(28)25-16-12-14(19(22)27)7-8-17(16)26-10-4-5-11-26/h2-3,6-9,12H,4-5,10-11H2,1H3,(H2,22,27)(H,25,28). The lowest BCUT2D eigenvalue weighted by molar-refractivity contribution is 0.0996. The summed E-state index contributed by atoms with van der Waals surface area (Å²) in [6.07, 6.45) is 3.90. The molecule has 0 saturated carbocycles. The van der Waals surface area contributed by atoms with Crippen molar-refractivity contribution >= 4 is 34.5 Å². The van der Waals surface area contributed by atoms with Crippen LogP contribution in [0.4, 0.5) is 11.4 Å². The van der Waals surface area contributed by atoms with E-state index in [1.54, 1.807) is 25.3 Å². The summed E-state index contributed by atoms with van der Waals surface area (Å²) in [5.74, 6) is -0.788. The molecule has 0 unspecified atom stereocenters. The van der Waals surface area contributed by atoms with Gasteiger partial charge in [0.1, 0.15) is 9.88 Å². The quantitative estimate of drug-likeness (QED) is 0.674. The molecule has 0 bridgehead atoms. The van der Waals surface area contributed by atoms with Crippen LogP contribution in [0.1, 0.15) is 38.6 Å². The Morgan fingerprint density at radius 1 is 1.17 bits per heavy atom. The number of nitrogens with two attached hydrogens (primary N) is 1. The minimum Gasteiger partial charge on any atom is -0.370 e. The molecule has 3 heterocycles. The fraction of sp³-hybridized carbons (Fsp3) is 0.238. The highest BCUT2D eigenvalue weighted by atomic mass is 32.1. The second kappa shape index (κ2) is 8.00. The number of primary amides is 1. The third-order valence-electron chi connectivity index (χ3n) is 4.86. The molecule has 148 valence electrons. The number of rotatable bonds is 5. The maximum Gasteiger partial charge on any atom is 0.267 e. The van der Waals surface area contributed by atoms with Crippen molar-refractivity contribution in [1.82, 2.24) is 9.97 Å². The summed E-state index contributed by atoms with van der Waals surface area (Å²) in [7, 11) is 0. The number of anilines is 2. The lowest BCUT2D eigenvalue weighted by Gasteiger charge is -2.22. The van der Waals surface area contributed by atoms with Gasteiger partial charge in [-0.15, -0.1) is 11.3 Å². The predicted octanol–water partition coefficient (Wildman–Crippen LogP) is 3.46. The van der Waals surface area contributed by atoms with Gasteiger partial charge in [0.25, 0.3) is 5.91 Å². The first-order valence-electron chi connectivity index (χ1n) is 9.42. The molecule has 1 aromatic carbocycles. The molecule has 0 spiro atoms. The van der Waals surface area contributed by atoms with Crippen LogP contribution in [0, 0.1) is 6.92 Å². The first kappa shape index (κ1) is 19.1. The number of aromatic nitrogens is 2. The summed E-state index contributed by atoms with van der Waals surface area (Å²) in [6, 6.07) is 10.8. The number of benzene rings is 1. The number of thiazole rings is 1. The molecule has 1 saturated heterocycles. The minimum absolute atomic E-state index is 0.260. The molecule has 4 rings (SSSR count). The number of carbonyl (C=O) groups is 2. The molecular weight excluding hydrogens is 386 g/mol. The van der Waals surface area contributed by atoms with Crippen LogP contribution in [0.5, 0.6) is 0 Å². The Balaban J connectivity index is 1.65. The number of pyridine rings is 1. The number of carbonyl (C=O) groups excluding carboxylic acids is 2. The Morgan fingerprint density at radius 2 is 1.97 bits per heavy atom. The normalized spacial score (nSPS) is 13.5. The van der Waals surface area contributed by atoms with Gasteiger partial charge in [-0.3, -0.25) is 14.6 Å². The largest absolute Gasteiger partial charge is 0.370 e. The molecule has 1 fully saturated rings. The van der Waals surface area contributed by atoms with Gasteiger partial charge in [-0.25, -0.2) is 4.98 Å². The average Bonchev–Trinajstić information content (AvgIpc) is 3.38. The van der Waals surface area contributed by atoms with Gasteiger partial charge in [0.15, 0.2) is 0 Å². The van der Waals surface area contributed by atoms with Crippen LogP contribution in [0.15, 0.2) is 42.6 Å². The lowest BCUT2D eigenvalue weighted by Crippen LogP contribution is -2.22. The van der Waals surface area contributed by atoms with Gasteiger partial charge >= 0.3 is 0 Å². The van der Waals surface area contributed by atoms with Crippen LogP contribution in [0.2, 0.25) is 0 Å². The van der Waals surface area contributed by atoms with E-state index in [-0.39, 0.29) is 5.91 Å². The van der Waals surface area contributed by atoms with Gasteiger partial charge in [0.05, 0.1) is 22.8 Å². The monoisotopic (exact) mass is 407 g/mol. The summed E-state index contributed by atoms with van der Waals surface area (Å²) >= 11 is 1.30. The number of nitrogens with zero attached hydrogens (tertiary/aromatic N) is 3. The zero-order valence-corrected chi connectivity index (χ0v) is 16.8. The van der Waals surface area contributed by atoms with Crippen molar-refractivity contribution in [2.75, 3.05) is 23.3 Å². The number of aryl methyl sites for hydroxylation is 1. The Hall–Kier alpha value is -3.26. The lowest BCUT2D eigenvalue weighted by atomic mass is 10.1. The van der Waals surface area contributed by atoms with Gasteiger partial charge in [0.2, 0.25) is 5.91 Å². The molecule has 8 heteroatoms. The molecule has 0 radical (unpaired) electrons. The Morgan fingerprint density at radius 3 is 2.66 bits per heavy atom. The molecule has 29 heavy (non-hydrogen) atoms. The highest BCUT2D eigenvalue weighted by Crippen LogP contribution is 2.32. The SMILES string of the molecule is Cc1nc(-c2ccccn2)sc1C(=O)Nc1cc(C(N)=O)ccc1N1CCCC1. The molecule has 0 aliphatic carbocycles. The first-order valence-corrected chi connectivity index (χ1v) is 10.2. The van der Waals surface area contributed by atoms with Crippen LogP contribution in [0.3, 0.4) is 0 Å². The van der Waals surface area contributed by atoms with E-state index in [0.717, 1.165) is 37.3 Å². The van der Waals surface area contributed by atoms with Crippen molar-refractivity contribution in [1.29, 1.82) is 0 Å². The van der Waals surface area contributed by atoms with E-state index in [1.807, 2.05) is 24.3 Å². The topological polar surface area (TPSA) is 101 Å². The fourth-order valence-corrected chi connectivity index (χ4v) is 4.35. The molecular formula is C21H21N5O2S. The van der Waals surface area contributed by atoms with Crippen molar-refractivity contribution in [3.8, 4) is 10.7 Å². The van der Waals surface area contributed by atoms with Crippen molar-refractivity contribution in [2.45, 2.75) is 19.8 Å². The van der Waals surface area contributed by atoms with E-state index in [1.165, 1.54) is 11.3 Å². The molecule has 3 N–H and O–H groups in total. The number of hydrogen-bond donors (Lipinski definition) is 2. The van der Waals surface area contributed by atoms with Gasteiger partial charge in [-0.2, -0.15) is 0 Å². The van der Waals surface area contributed by atoms with Crippen LogP contribution in [-0.2, 0) is 0 Å². The van der Waals surface area contributed by atoms with Gasteiger partial charge in [-0.05, 0) is 50.1 Å². The van der Waals surface area contributed by atoms with Gasteiger partial charge in [-0.1, -0.05) is 6.07 Å².